The van der Waals surface area contributed by atoms with Crippen LogP contribution in [0.2, 0.25) is 0 Å². The summed E-state index contributed by atoms with van der Waals surface area (Å²) in [6.07, 6.45) is 4.06. The van der Waals surface area contributed by atoms with Crippen LogP contribution in [-0.2, 0) is 22.7 Å². The van der Waals surface area contributed by atoms with Gasteiger partial charge in [-0.05, 0) is 43.4 Å². The zero-order valence-corrected chi connectivity index (χ0v) is 19.3. The first kappa shape index (κ1) is 22.5. The van der Waals surface area contributed by atoms with E-state index in [4.69, 9.17) is 0 Å². The van der Waals surface area contributed by atoms with Crippen LogP contribution in [-0.4, -0.2) is 34.7 Å². The zero-order chi connectivity index (χ0) is 21.5. The molecule has 1 aliphatic rings. The lowest BCUT2D eigenvalue weighted by atomic mass is 9.84. The smallest absolute Gasteiger partial charge is 0.242 e. The lowest BCUT2D eigenvalue weighted by Crippen LogP contribution is -2.47. The molecule has 0 bridgehead atoms. The number of rotatable bonds is 10. The van der Waals surface area contributed by atoms with Crippen molar-refractivity contribution >= 4 is 23.2 Å². The van der Waals surface area contributed by atoms with Gasteiger partial charge in [-0.2, -0.15) is 0 Å². The van der Waals surface area contributed by atoms with Crippen LogP contribution in [0.1, 0.15) is 54.8 Å². The van der Waals surface area contributed by atoms with Crippen molar-refractivity contribution < 1.29 is 9.59 Å². The number of amides is 2. The van der Waals surface area contributed by atoms with Crippen LogP contribution in [0.4, 0.5) is 0 Å². The Bertz CT molecular complexity index is 829. The van der Waals surface area contributed by atoms with Crippen molar-refractivity contribution in [3.63, 3.8) is 0 Å². The Balaban J connectivity index is 1.75. The van der Waals surface area contributed by atoms with E-state index in [9.17, 15) is 9.59 Å². The molecule has 1 aliphatic carbocycles. The van der Waals surface area contributed by atoms with Crippen molar-refractivity contribution in [3.05, 3.63) is 57.8 Å². The third-order valence-electron chi connectivity index (χ3n) is 6.03. The van der Waals surface area contributed by atoms with E-state index < -0.39 is 0 Å². The van der Waals surface area contributed by atoms with E-state index in [2.05, 4.69) is 45.0 Å². The lowest BCUT2D eigenvalue weighted by Gasteiger charge is -2.34. The van der Waals surface area contributed by atoms with Gasteiger partial charge in [-0.3, -0.25) is 9.59 Å². The largest absolute Gasteiger partial charge is 0.333 e. The Morgan fingerprint density at radius 2 is 1.80 bits per heavy atom. The molecule has 4 nitrogen and oxygen atoms in total. The van der Waals surface area contributed by atoms with Gasteiger partial charge in [0.1, 0.15) is 0 Å². The molecule has 1 unspecified atom stereocenters. The first-order valence-electron chi connectivity index (χ1n) is 11.1. The van der Waals surface area contributed by atoms with Gasteiger partial charge in [-0.15, -0.1) is 11.3 Å². The van der Waals surface area contributed by atoms with Gasteiger partial charge < -0.3 is 9.80 Å². The summed E-state index contributed by atoms with van der Waals surface area (Å²) in [6.45, 7) is 8.36. The zero-order valence-electron chi connectivity index (χ0n) is 18.5. The Kier molecular flexibility index (Phi) is 8.08. The number of carbonyl (C=O) groups is 2. The fraction of sp³-hybridized carbons (Fsp3) is 0.520. The number of aryl methyl sites for hydroxylation is 1. The first-order valence-corrected chi connectivity index (χ1v) is 11.9. The molecule has 0 spiro atoms. The molecule has 5 heteroatoms. The van der Waals surface area contributed by atoms with Crippen LogP contribution >= 0.6 is 11.3 Å². The number of thiophene rings is 1. The van der Waals surface area contributed by atoms with Crippen LogP contribution in [0.3, 0.4) is 0 Å². The number of nitrogens with zero attached hydrogens (tertiary/aromatic N) is 2. The maximum atomic E-state index is 13.4. The molecule has 162 valence electrons. The molecule has 0 saturated heterocycles. The van der Waals surface area contributed by atoms with Gasteiger partial charge >= 0.3 is 0 Å². The van der Waals surface area contributed by atoms with Crippen LogP contribution in [0.15, 0.2) is 42.5 Å². The molecule has 0 aliphatic heterocycles. The number of benzene rings is 1. The summed E-state index contributed by atoms with van der Waals surface area (Å²) in [5.74, 6) is 0.705. The third kappa shape index (κ3) is 6.18. The quantitative estimate of drug-likeness (QED) is 0.520. The average Bonchev–Trinajstić information content (AvgIpc) is 3.10. The standard InChI is InChI=1S/C25H34N2O2S/c1-4-19(2)15-27(25(29)22-11-8-12-22)18-24(28)26(16-21-9-6-5-7-10-21)17-23-14-13-20(3)30-23/h5-7,9-10,13-14,19,22H,4,8,11-12,15-18H2,1-3H3. The molecule has 1 heterocycles. The first-order chi connectivity index (χ1) is 14.5. The molecule has 30 heavy (non-hydrogen) atoms. The number of hydrogen-bond donors (Lipinski definition) is 0. The van der Waals surface area contributed by atoms with Crippen molar-refractivity contribution in [3.8, 4) is 0 Å². The fourth-order valence-electron chi connectivity index (χ4n) is 3.71. The lowest BCUT2D eigenvalue weighted by molar-refractivity contribution is -0.145. The highest BCUT2D eigenvalue weighted by molar-refractivity contribution is 7.11. The highest BCUT2D eigenvalue weighted by atomic mass is 32.1. The third-order valence-corrected chi connectivity index (χ3v) is 7.02. The topological polar surface area (TPSA) is 40.6 Å². The SMILES string of the molecule is CCC(C)CN(CC(=O)N(Cc1ccccc1)Cc1ccc(C)s1)C(=O)C1CCC1. The second kappa shape index (κ2) is 10.8. The van der Waals surface area contributed by atoms with Crippen LogP contribution in [0.25, 0.3) is 0 Å². The summed E-state index contributed by atoms with van der Waals surface area (Å²) in [6, 6.07) is 14.3. The summed E-state index contributed by atoms with van der Waals surface area (Å²) >= 11 is 1.73. The summed E-state index contributed by atoms with van der Waals surface area (Å²) in [7, 11) is 0. The second-order valence-electron chi connectivity index (χ2n) is 8.61. The monoisotopic (exact) mass is 426 g/mol. The van der Waals surface area contributed by atoms with Gasteiger partial charge in [0, 0.05) is 28.8 Å². The van der Waals surface area contributed by atoms with Gasteiger partial charge in [0.2, 0.25) is 11.8 Å². The molecule has 1 fully saturated rings. The fourth-order valence-corrected chi connectivity index (χ4v) is 4.61. The van der Waals surface area contributed by atoms with E-state index in [1.54, 1.807) is 11.3 Å². The molecule has 0 radical (unpaired) electrons. The normalized spacial score (nSPS) is 14.8. The van der Waals surface area contributed by atoms with Crippen molar-refractivity contribution in [1.82, 2.24) is 9.80 Å². The Morgan fingerprint density at radius 1 is 1.07 bits per heavy atom. The molecule has 1 aromatic carbocycles. The van der Waals surface area contributed by atoms with E-state index in [0.29, 0.717) is 25.6 Å². The Morgan fingerprint density at radius 3 is 2.37 bits per heavy atom. The van der Waals surface area contributed by atoms with Crippen molar-refractivity contribution in [2.45, 2.75) is 59.5 Å². The summed E-state index contributed by atoms with van der Waals surface area (Å²) in [4.78, 5) is 32.6. The minimum atomic E-state index is 0.0286. The van der Waals surface area contributed by atoms with Gasteiger partial charge in [-0.25, -0.2) is 0 Å². The van der Waals surface area contributed by atoms with E-state index in [1.807, 2.05) is 28.0 Å². The molecule has 1 atom stereocenters. The van der Waals surface area contributed by atoms with Crippen LogP contribution < -0.4 is 0 Å². The minimum Gasteiger partial charge on any atom is -0.333 e. The van der Waals surface area contributed by atoms with Gasteiger partial charge in [0.05, 0.1) is 13.1 Å². The predicted octanol–water partition coefficient (Wildman–Crippen LogP) is 5.26. The van der Waals surface area contributed by atoms with Crippen molar-refractivity contribution in [1.29, 1.82) is 0 Å². The molecule has 1 saturated carbocycles. The second-order valence-corrected chi connectivity index (χ2v) is 9.98. The Hall–Kier alpha value is -2.14. The summed E-state index contributed by atoms with van der Waals surface area (Å²) < 4.78 is 0. The highest BCUT2D eigenvalue weighted by Crippen LogP contribution is 2.29. The molecule has 2 amide bonds. The maximum Gasteiger partial charge on any atom is 0.242 e. The molecular formula is C25H34N2O2S. The van der Waals surface area contributed by atoms with Crippen molar-refractivity contribution in [2.24, 2.45) is 11.8 Å². The summed E-state index contributed by atoms with van der Waals surface area (Å²) in [5, 5.41) is 0. The van der Waals surface area contributed by atoms with Gasteiger partial charge in [0.15, 0.2) is 0 Å². The molecule has 3 rings (SSSR count). The highest BCUT2D eigenvalue weighted by Gasteiger charge is 2.31. The minimum absolute atomic E-state index is 0.0286. The van der Waals surface area contributed by atoms with E-state index in [1.165, 1.54) is 9.75 Å². The Labute approximate surface area is 184 Å². The van der Waals surface area contributed by atoms with E-state index in [0.717, 1.165) is 31.2 Å². The molecular weight excluding hydrogens is 392 g/mol. The van der Waals surface area contributed by atoms with Gasteiger partial charge in [-0.1, -0.05) is 57.0 Å². The number of carbonyl (C=O) groups excluding carboxylic acids is 2. The summed E-state index contributed by atoms with van der Waals surface area (Å²) in [5.41, 5.74) is 1.11. The number of hydrogen-bond acceptors (Lipinski definition) is 3. The van der Waals surface area contributed by atoms with Crippen molar-refractivity contribution in [2.75, 3.05) is 13.1 Å². The van der Waals surface area contributed by atoms with Gasteiger partial charge in [0.25, 0.3) is 0 Å². The molecule has 0 N–H and O–H groups in total. The predicted molar refractivity (Wildman–Crippen MR) is 123 cm³/mol. The van der Waals surface area contributed by atoms with E-state index in [-0.39, 0.29) is 24.3 Å². The van der Waals surface area contributed by atoms with Crippen LogP contribution in [0.5, 0.6) is 0 Å². The molecule has 1 aromatic heterocycles. The maximum absolute atomic E-state index is 13.4. The van der Waals surface area contributed by atoms with Crippen LogP contribution in [0, 0.1) is 18.8 Å². The van der Waals surface area contributed by atoms with E-state index >= 15 is 0 Å². The molecule has 2 aromatic rings. The average molecular weight is 427 g/mol.